The van der Waals surface area contributed by atoms with E-state index in [0.717, 1.165) is 18.5 Å². The summed E-state index contributed by atoms with van der Waals surface area (Å²) in [6, 6.07) is 11.7. The van der Waals surface area contributed by atoms with Gasteiger partial charge in [-0.1, -0.05) is 49.6 Å². The zero-order valence-electron chi connectivity index (χ0n) is 12.6. The summed E-state index contributed by atoms with van der Waals surface area (Å²) >= 11 is 0. The molecule has 1 aromatic carbocycles. The molecule has 1 N–H and O–H groups in total. The minimum absolute atomic E-state index is 0.724. The Morgan fingerprint density at radius 3 is 2.60 bits per heavy atom. The van der Waals surface area contributed by atoms with Gasteiger partial charge in [0.2, 0.25) is 0 Å². The van der Waals surface area contributed by atoms with Crippen molar-refractivity contribution in [3.05, 3.63) is 35.9 Å². The van der Waals surface area contributed by atoms with Crippen LogP contribution in [0.5, 0.6) is 0 Å². The van der Waals surface area contributed by atoms with Crippen LogP contribution in [0, 0.1) is 5.92 Å². The van der Waals surface area contributed by atoms with E-state index in [1.165, 1.54) is 63.7 Å². The van der Waals surface area contributed by atoms with Crippen molar-refractivity contribution in [1.29, 1.82) is 0 Å². The fourth-order valence-corrected chi connectivity index (χ4v) is 3.86. The highest BCUT2D eigenvalue weighted by Gasteiger charge is 2.26. The molecule has 1 aromatic rings. The summed E-state index contributed by atoms with van der Waals surface area (Å²) in [6.07, 6.45) is 8.52. The van der Waals surface area contributed by atoms with Crippen molar-refractivity contribution in [3.63, 3.8) is 0 Å². The van der Waals surface area contributed by atoms with Crippen LogP contribution in [-0.2, 0) is 6.54 Å². The summed E-state index contributed by atoms with van der Waals surface area (Å²) in [6.45, 7) is 4.79. The van der Waals surface area contributed by atoms with E-state index in [0.29, 0.717) is 0 Å². The predicted octanol–water partition coefficient (Wildman–Crippen LogP) is 3.43. The van der Waals surface area contributed by atoms with Crippen LogP contribution < -0.4 is 5.32 Å². The first-order valence-corrected chi connectivity index (χ1v) is 8.41. The van der Waals surface area contributed by atoms with Gasteiger partial charge in [-0.05, 0) is 43.8 Å². The van der Waals surface area contributed by atoms with Crippen LogP contribution in [0.15, 0.2) is 30.3 Å². The Bertz CT molecular complexity index is 384. The lowest BCUT2D eigenvalue weighted by Crippen LogP contribution is -2.43. The molecule has 0 amide bonds. The van der Waals surface area contributed by atoms with Crippen LogP contribution in [0.4, 0.5) is 0 Å². The summed E-state index contributed by atoms with van der Waals surface area (Å²) in [5.74, 6) is 0.917. The molecule has 3 rings (SSSR count). The molecule has 2 aliphatic rings. The van der Waals surface area contributed by atoms with Gasteiger partial charge in [0.05, 0.1) is 0 Å². The number of rotatable bonds is 3. The fraction of sp³-hybridized carbons (Fsp3) is 0.667. The normalized spacial score (nSPS) is 26.3. The summed E-state index contributed by atoms with van der Waals surface area (Å²) < 4.78 is 0. The molecule has 1 unspecified atom stereocenters. The molecule has 20 heavy (non-hydrogen) atoms. The average Bonchev–Trinajstić information content (AvgIpc) is 2.75. The van der Waals surface area contributed by atoms with Gasteiger partial charge in [-0.2, -0.15) is 0 Å². The SMILES string of the molecule is c1ccc(CN2CCCNC(C3CCCCC3)C2)cc1. The van der Waals surface area contributed by atoms with Crippen molar-refractivity contribution >= 4 is 0 Å². The minimum atomic E-state index is 0.724. The van der Waals surface area contributed by atoms with E-state index in [2.05, 4.69) is 40.5 Å². The molecule has 1 aliphatic heterocycles. The highest BCUT2D eigenvalue weighted by molar-refractivity contribution is 5.14. The maximum absolute atomic E-state index is 3.83. The summed E-state index contributed by atoms with van der Waals surface area (Å²) in [5, 5.41) is 3.83. The molecule has 1 heterocycles. The lowest BCUT2D eigenvalue weighted by Gasteiger charge is -2.33. The largest absolute Gasteiger partial charge is 0.312 e. The molecule has 2 heteroatoms. The molecule has 2 fully saturated rings. The molecule has 0 radical (unpaired) electrons. The van der Waals surface area contributed by atoms with E-state index in [9.17, 15) is 0 Å². The predicted molar refractivity (Wildman–Crippen MR) is 84.7 cm³/mol. The van der Waals surface area contributed by atoms with Crippen LogP contribution in [0.1, 0.15) is 44.1 Å². The second-order valence-corrected chi connectivity index (χ2v) is 6.53. The van der Waals surface area contributed by atoms with Gasteiger partial charge in [-0.3, -0.25) is 4.90 Å². The van der Waals surface area contributed by atoms with Crippen molar-refractivity contribution in [3.8, 4) is 0 Å². The Kier molecular flexibility index (Phi) is 5.10. The number of hydrogen-bond acceptors (Lipinski definition) is 2. The summed E-state index contributed by atoms with van der Waals surface area (Å²) in [5.41, 5.74) is 1.46. The Balaban J connectivity index is 1.59. The van der Waals surface area contributed by atoms with E-state index in [-0.39, 0.29) is 0 Å². The van der Waals surface area contributed by atoms with Crippen LogP contribution in [0.2, 0.25) is 0 Å². The molecule has 1 aliphatic carbocycles. The van der Waals surface area contributed by atoms with Gasteiger partial charge in [0, 0.05) is 19.1 Å². The van der Waals surface area contributed by atoms with Crippen molar-refractivity contribution in [2.24, 2.45) is 5.92 Å². The van der Waals surface area contributed by atoms with Gasteiger partial charge in [0.1, 0.15) is 0 Å². The molecule has 2 nitrogen and oxygen atoms in total. The fourth-order valence-electron chi connectivity index (χ4n) is 3.86. The number of benzene rings is 1. The van der Waals surface area contributed by atoms with Gasteiger partial charge in [-0.15, -0.1) is 0 Å². The Labute approximate surface area is 123 Å². The Hall–Kier alpha value is -0.860. The number of nitrogens with zero attached hydrogens (tertiary/aromatic N) is 1. The molecule has 0 bridgehead atoms. The van der Waals surface area contributed by atoms with E-state index >= 15 is 0 Å². The second-order valence-electron chi connectivity index (χ2n) is 6.53. The molecule has 1 saturated carbocycles. The zero-order chi connectivity index (χ0) is 13.6. The monoisotopic (exact) mass is 272 g/mol. The molecule has 0 spiro atoms. The quantitative estimate of drug-likeness (QED) is 0.907. The maximum atomic E-state index is 3.83. The number of hydrogen-bond donors (Lipinski definition) is 1. The van der Waals surface area contributed by atoms with Crippen molar-refractivity contribution in [1.82, 2.24) is 10.2 Å². The molecule has 1 atom stereocenters. The maximum Gasteiger partial charge on any atom is 0.0234 e. The van der Waals surface area contributed by atoms with Crippen molar-refractivity contribution < 1.29 is 0 Å². The van der Waals surface area contributed by atoms with Gasteiger partial charge >= 0.3 is 0 Å². The first-order valence-electron chi connectivity index (χ1n) is 8.41. The molecule has 110 valence electrons. The highest BCUT2D eigenvalue weighted by atomic mass is 15.2. The first-order chi connectivity index (χ1) is 9.92. The van der Waals surface area contributed by atoms with Gasteiger partial charge in [0.15, 0.2) is 0 Å². The van der Waals surface area contributed by atoms with Gasteiger partial charge in [-0.25, -0.2) is 0 Å². The number of nitrogens with one attached hydrogen (secondary N) is 1. The Morgan fingerprint density at radius 2 is 1.80 bits per heavy atom. The minimum Gasteiger partial charge on any atom is -0.312 e. The molecular weight excluding hydrogens is 244 g/mol. The Morgan fingerprint density at radius 1 is 1.00 bits per heavy atom. The highest BCUT2D eigenvalue weighted by Crippen LogP contribution is 2.27. The standard InChI is InChI=1S/C18H28N2/c1-3-8-16(9-4-1)14-20-13-7-12-19-18(15-20)17-10-5-2-6-11-17/h1,3-4,8-9,17-19H,2,5-7,10-15H2. The van der Waals surface area contributed by atoms with E-state index in [4.69, 9.17) is 0 Å². The van der Waals surface area contributed by atoms with Crippen molar-refractivity contribution in [2.75, 3.05) is 19.6 Å². The summed E-state index contributed by atoms with van der Waals surface area (Å²) in [4.78, 5) is 2.66. The smallest absolute Gasteiger partial charge is 0.0234 e. The van der Waals surface area contributed by atoms with E-state index in [1.807, 2.05) is 0 Å². The van der Waals surface area contributed by atoms with E-state index < -0.39 is 0 Å². The van der Waals surface area contributed by atoms with Crippen LogP contribution >= 0.6 is 0 Å². The van der Waals surface area contributed by atoms with Gasteiger partial charge < -0.3 is 5.32 Å². The van der Waals surface area contributed by atoms with Crippen LogP contribution in [-0.4, -0.2) is 30.6 Å². The van der Waals surface area contributed by atoms with Crippen molar-refractivity contribution in [2.45, 2.75) is 51.1 Å². The molecule has 1 saturated heterocycles. The lowest BCUT2D eigenvalue weighted by atomic mass is 9.83. The lowest BCUT2D eigenvalue weighted by molar-refractivity contribution is 0.201. The third kappa shape index (κ3) is 3.83. The first kappa shape index (κ1) is 14.1. The topological polar surface area (TPSA) is 15.3 Å². The molecular formula is C18H28N2. The molecule has 0 aromatic heterocycles. The van der Waals surface area contributed by atoms with Crippen LogP contribution in [0.3, 0.4) is 0 Å². The van der Waals surface area contributed by atoms with E-state index in [1.54, 1.807) is 0 Å². The second kappa shape index (κ2) is 7.24. The third-order valence-corrected chi connectivity index (χ3v) is 4.98. The zero-order valence-corrected chi connectivity index (χ0v) is 12.6. The average molecular weight is 272 g/mol. The van der Waals surface area contributed by atoms with Gasteiger partial charge in [0.25, 0.3) is 0 Å². The third-order valence-electron chi connectivity index (χ3n) is 4.98. The van der Waals surface area contributed by atoms with Crippen LogP contribution in [0.25, 0.3) is 0 Å². The summed E-state index contributed by atoms with van der Waals surface area (Å²) in [7, 11) is 0.